The second-order valence-electron chi connectivity index (χ2n) is 5.17. The zero-order valence-electron chi connectivity index (χ0n) is 12.9. The summed E-state index contributed by atoms with van der Waals surface area (Å²) in [4.78, 5) is 12.5. The zero-order valence-corrected chi connectivity index (χ0v) is 12.9. The summed E-state index contributed by atoms with van der Waals surface area (Å²) in [6, 6.07) is 12.8. The van der Waals surface area contributed by atoms with E-state index in [0.717, 1.165) is 16.4 Å². The van der Waals surface area contributed by atoms with E-state index in [4.69, 9.17) is 19.8 Å². The van der Waals surface area contributed by atoms with Crippen LogP contribution in [0, 0.1) is 11.3 Å². The maximum absolute atomic E-state index is 12.5. The van der Waals surface area contributed by atoms with Crippen LogP contribution in [0.1, 0.15) is 16.8 Å². The lowest BCUT2D eigenvalue weighted by molar-refractivity contribution is 0.0486. The number of aliphatic hydroxyl groups is 1. The Bertz CT molecular complexity index is 924. The Hall–Kier alpha value is -3.04. The number of carbonyl (C=O) groups is 1. The molecule has 0 aliphatic rings. The van der Waals surface area contributed by atoms with Crippen LogP contribution >= 0.6 is 0 Å². The van der Waals surface area contributed by atoms with Gasteiger partial charge in [0.1, 0.15) is 11.8 Å². The third-order valence-electron chi connectivity index (χ3n) is 3.66. The van der Waals surface area contributed by atoms with E-state index in [9.17, 15) is 4.79 Å². The van der Waals surface area contributed by atoms with Crippen LogP contribution in [-0.2, 0) is 4.74 Å². The minimum Gasteiger partial charge on any atom is -0.479 e. The van der Waals surface area contributed by atoms with Crippen molar-refractivity contribution in [2.75, 3.05) is 19.8 Å². The molecule has 0 radical (unpaired) electrons. The van der Waals surface area contributed by atoms with Crippen molar-refractivity contribution in [3.8, 4) is 11.8 Å². The fourth-order valence-electron chi connectivity index (χ4n) is 2.64. The zero-order chi connectivity index (χ0) is 16.9. The summed E-state index contributed by atoms with van der Waals surface area (Å²) in [7, 11) is 0. The Morgan fingerprint density at radius 2 is 2.12 bits per heavy atom. The molecule has 0 unspecified atom stereocenters. The SMILES string of the molecule is N#CCOc1ccc2c(C(=O)OCCCO)c3ccccn3c2c1. The number of carbonyl (C=O) groups excluding carboxylic acids is 1. The van der Waals surface area contributed by atoms with Gasteiger partial charge in [0.15, 0.2) is 6.61 Å². The molecule has 0 aliphatic heterocycles. The number of fused-ring (bicyclic) bond motifs is 3. The molecular formula is C18H16N2O4. The number of aromatic nitrogens is 1. The van der Waals surface area contributed by atoms with Gasteiger partial charge >= 0.3 is 5.97 Å². The topological polar surface area (TPSA) is 84.0 Å². The lowest BCUT2D eigenvalue weighted by atomic mass is 10.1. The van der Waals surface area contributed by atoms with E-state index in [-0.39, 0.29) is 19.8 Å². The molecule has 0 saturated carbocycles. The minimum absolute atomic E-state index is 0.0237. The van der Waals surface area contributed by atoms with E-state index in [1.807, 2.05) is 34.9 Å². The van der Waals surface area contributed by atoms with E-state index >= 15 is 0 Å². The molecule has 2 aromatic heterocycles. The number of nitriles is 1. The summed E-state index contributed by atoms with van der Waals surface area (Å²) < 4.78 is 12.5. The van der Waals surface area contributed by atoms with Gasteiger partial charge in [0.2, 0.25) is 0 Å². The number of rotatable bonds is 6. The summed E-state index contributed by atoms with van der Waals surface area (Å²) in [5.41, 5.74) is 2.02. The fraction of sp³-hybridized carbons (Fsp3) is 0.222. The fourth-order valence-corrected chi connectivity index (χ4v) is 2.64. The lowest BCUT2D eigenvalue weighted by Gasteiger charge is -2.04. The van der Waals surface area contributed by atoms with Crippen molar-refractivity contribution in [2.45, 2.75) is 6.42 Å². The average Bonchev–Trinajstić information content (AvgIpc) is 2.94. The van der Waals surface area contributed by atoms with E-state index in [1.165, 1.54) is 0 Å². The van der Waals surface area contributed by atoms with E-state index < -0.39 is 5.97 Å². The molecule has 3 rings (SSSR count). The predicted octanol–water partition coefficient (Wildman–Crippen LogP) is 2.53. The van der Waals surface area contributed by atoms with Crippen molar-refractivity contribution in [3.63, 3.8) is 0 Å². The molecular weight excluding hydrogens is 308 g/mol. The summed E-state index contributed by atoms with van der Waals surface area (Å²) in [5.74, 6) is 0.139. The van der Waals surface area contributed by atoms with Crippen molar-refractivity contribution >= 4 is 22.4 Å². The molecule has 0 spiro atoms. The largest absolute Gasteiger partial charge is 0.479 e. The Morgan fingerprint density at radius 3 is 2.92 bits per heavy atom. The van der Waals surface area contributed by atoms with Crippen LogP contribution in [0.5, 0.6) is 5.75 Å². The molecule has 0 bridgehead atoms. The highest BCUT2D eigenvalue weighted by molar-refractivity contribution is 6.11. The standard InChI is InChI=1S/C18H16N2O4/c19-7-11-23-13-5-6-14-16(12-13)20-8-2-1-4-15(20)17(14)18(22)24-10-3-9-21/h1-2,4-6,8,12,21H,3,9-11H2. The van der Waals surface area contributed by atoms with Crippen LogP contribution in [-0.4, -0.2) is 35.3 Å². The molecule has 0 fully saturated rings. The van der Waals surface area contributed by atoms with Gasteiger partial charge in [0, 0.05) is 30.7 Å². The maximum atomic E-state index is 12.5. The van der Waals surface area contributed by atoms with Gasteiger partial charge in [-0.05, 0) is 24.3 Å². The minimum atomic E-state index is -0.423. The molecule has 1 N–H and O–H groups in total. The molecule has 0 atom stereocenters. The molecule has 0 amide bonds. The first-order chi connectivity index (χ1) is 11.8. The molecule has 2 heterocycles. The molecule has 0 aliphatic carbocycles. The number of ether oxygens (including phenoxy) is 2. The first-order valence-corrected chi connectivity index (χ1v) is 7.57. The molecule has 3 aromatic rings. The van der Waals surface area contributed by atoms with Crippen LogP contribution in [0.3, 0.4) is 0 Å². The van der Waals surface area contributed by atoms with Crippen molar-refractivity contribution in [1.29, 1.82) is 5.26 Å². The third kappa shape index (κ3) is 2.90. The Morgan fingerprint density at radius 1 is 1.25 bits per heavy atom. The van der Waals surface area contributed by atoms with Gasteiger partial charge in [0.25, 0.3) is 0 Å². The van der Waals surface area contributed by atoms with Crippen molar-refractivity contribution in [3.05, 3.63) is 48.2 Å². The van der Waals surface area contributed by atoms with Crippen LogP contribution in [0.2, 0.25) is 0 Å². The average molecular weight is 324 g/mol. The Kier molecular flexibility index (Phi) is 4.64. The summed E-state index contributed by atoms with van der Waals surface area (Å²) in [6.07, 6.45) is 2.26. The first kappa shape index (κ1) is 15.8. The number of hydrogen-bond acceptors (Lipinski definition) is 5. The molecule has 0 saturated heterocycles. The van der Waals surface area contributed by atoms with E-state index in [0.29, 0.717) is 17.7 Å². The summed E-state index contributed by atoms with van der Waals surface area (Å²) >= 11 is 0. The highest BCUT2D eigenvalue weighted by Gasteiger charge is 2.19. The van der Waals surface area contributed by atoms with Gasteiger partial charge in [-0.15, -0.1) is 0 Å². The highest BCUT2D eigenvalue weighted by atomic mass is 16.5. The number of pyridine rings is 1. The van der Waals surface area contributed by atoms with Crippen LogP contribution in [0.15, 0.2) is 42.6 Å². The molecule has 24 heavy (non-hydrogen) atoms. The summed E-state index contributed by atoms with van der Waals surface area (Å²) in [6.45, 7) is 0.110. The number of nitrogens with zero attached hydrogens (tertiary/aromatic N) is 2. The van der Waals surface area contributed by atoms with Crippen LogP contribution in [0.25, 0.3) is 16.4 Å². The van der Waals surface area contributed by atoms with Crippen molar-refractivity contribution < 1.29 is 19.4 Å². The quantitative estimate of drug-likeness (QED) is 0.556. The maximum Gasteiger partial charge on any atom is 0.340 e. The number of hydrogen-bond donors (Lipinski definition) is 1. The van der Waals surface area contributed by atoms with Crippen LogP contribution in [0.4, 0.5) is 0 Å². The van der Waals surface area contributed by atoms with Gasteiger partial charge < -0.3 is 19.0 Å². The second-order valence-corrected chi connectivity index (χ2v) is 5.17. The number of aliphatic hydroxyl groups excluding tert-OH is 1. The van der Waals surface area contributed by atoms with Crippen LogP contribution < -0.4 is 4.74 Å². The Balaban J connectivity index is 2.09. The number of benzene rings is 1. The van der Waals surface area contributed by atoms with Gasteiger partial charge in [-0.2, -0.15) is 5.26 Å². The summed E-state index contributed by atoms with van der Waals surface area (Å²) in [5, 5.41) is 18.2. The normalized spacial score (nSPS) is 10.7. The lowest BCUT2D eigenvalue weighted by Crippen LogP contribution is -2.07. The molecule has 6 nitrogen and oxygen atoms in total. The van der Waals surface area contributed by atoms with Crippen molar-refractivity contribution in [1.82, 2.24) is 4.40 Å². The Labute approximate surface area is 138 Å². The monoisotopic (exact) mass is 324 g/mol. The smallest absolute Gasteiger partial charge is 0.340 e. The van der Waals surface area contributed by atoms with Gasteiger partial charge in [-0.3, -0.25) is 0 Å². The van der Waals surface area contributed by atoms with Gasteiger partial charge in [-0.1, -0.05) is 6.07 Å². The van der Waals surface area contributed by atoms with E-state index in [1.54, 1.807) is 18.2 Å². The molecule has 6 heteroatoms. The van der Waals surface area contributed by atoms with E-state index in [2.05, 4.69) is 0 Å². The second kappa shape index (κ2) is 7.02. The highest BCUT2D eigenvalue weighted by Crippen LogP contribution is 2.30. The van der Waals surface area contributed by atoms with Gasteiger partial charge in [-0.25, -0.2) is 4.79 Å². The molecule has 1 aromatic carbocycles. The first-order valence-electron chi connectivity index (χ1n) is 7.57. The molecule has 122 valence electrons. The van der Waals surface area contributed by atoms with Crippen molar-refractivity contribution in [2.24, 2.45) is 0 Å². The van der Waals surface area contributed by atoms with Gasteiger partial charge in [0.05, 0.1) is 23.2 Å². The third-order valence-corrected chi connectivity index (χ3v) is 3.66. The predicted molar refractivity (Wildman–Crippen MR) is 88.0 cm³/mol. The number of esters is 1.